The van der Waals surface area contributed by atoms with Gasteiger partial charge in [0.15, 0.2) is 0 Å². The number of pyridine rings is 1. The number of carbonyl (C=O) groups excluding carboxylic acids is 1. The second kappa shape index (κ2) is 8.98. The largest absolute Gasteiger partial charge is 0.333 e. The maximum Gasteiger partial charge on any atom is 0.264 e. The SMILES string of the molecule is Cc1cc(C)n(CC(=O)Nc2cccc(Cl)c2)c(=O)c1-c1nc(-c2cccc(Cl)c2)no1. The summed E-state index contributed by atoms with van der Waals surface area (Å²) in [5, 5.41) is 7.76. The Hall–Kier alpha value is -3.42. The van der Waals surface area contributed by atoms with Crippen molar-refractivity contribution in [3.05, 3.63) is 86.3 Å². The summed E-state index contributed by atoms with van der Waals surface area (Å²) in [7, 11) is 0. The quantitative estimate of drug-likeness (QED) is 0.438. The van der Waals surface area contributed by atoms with Crippen LogP contribution in [0.4, 0.5) is 5.69 Å². The van der Waals surface area contributed by atoms with Gasteiger partial charge in [-0.3, -0.25) is 9.59 Å². The minimum atomic E-state index is -0.398. The minimum Gasteiger partial charge on any atom is -0.333 e. The van der Waals surface area contributed by atoms with Gasteiger partial charge in [-0.25, -0.2) is 0 Å². The number of rotatable bonds is 5. The van der Waals surface area contributed by atoms with E-state index in [4.69, 9.17) is 27.7 Å². The third-order valence-electron chi connectivity index (χ3n) is 4.84. The van der Waals surface area contributed by atoms with Crippen molar-refractivity contribution in [1.82, 2.24) is 14.7 Å². The summed E-state index contributed by atoms with van der Waals surface area (Å²) in [6.07, 6.45) is 0. The summed E-state index contributed by atoms with van der Waals surface area (Å²) in [4.78, 5) is 30.2. The first-order valence-electron chi connectivity index (χ1n) is 9.68. The van der Waals surface area contributed by atoms with Gasteiger partial charge in [-0.2, -0.15) is 4.98 Å². The van der Waals surface area contributed by atoms with Gasteiger partial charge in [0.1, 0.15) is 12.1 Å². The molecule has 0 aliphatic heterocycles. The van der Waals surface area contributed by atoms with Gasteiger partial charge in [0.2, 0.25) is 11.7 Å². The van der Waals surface area contributed by atoms with Crippen LogP contribution in [0.3, 0.4) is 0 Å². The highest BCUT2D eigenvalue weighted by Crippen LogP contribution is 2.24. The molecule has 0 saturated heterocycles. The highest BCUT2D eigenvalue weighted by Gasteiger charge is 2.20. The Labute approximate surface area is 193 Å². The topological polar surface area (TPSA) is 90.0 Å². The second-order valence-electron chi connectivity index (χ2n) is 7.23. The predicted octanol–water partition coefficient (Wildman–Crippen LogP) is 5.13. The third-order valence-corrected chi connectivity index (χ3v) is 5.31. The summed E-state index contributed by atoms with van der Waals surface area (Å²) in [5.74, 6) is 0.0241. The number of carbonyl (C=O) groups is 1. The van der Waals surface area contributed by atoms with E-state index in [-0.39, 0.29) is 23.9 Å². The fourth-order valence-corrected chi connectivity index (χ4v) is 3.74. The Kier molecular flexibility index (Phi) is 6.12. The molecule has 4 aromatic rings. The van der Waals surface area contributed by atoms with Crippen molar-refractivity contribution in [3.63, 3.8) is 0 Å². The van der Waals surface area contributed by atoms with Gasteiger partial charge >= 0.3 is 0 Å². The van der Waals surface area contributed by atoms with E-state index in [2.05, 4.69) is 15.5 Å². The van der Waals surface area contributed by atoms with Crippen molar-refractivity contribution in [2.75, 3.05) is 5.32 Å². The van der Waals surface area contributed by atoms with Crippen molar-refractivity contribution in [2.45, 2.75) is 20.4 Å². The molecule has 0 atom stereocenters. The van der Waals surface area contributed by atoms with Crippen molar-refractivity contribution in [1.29, 1.82) is 0 Å². The highest BCUT2D eigenvalue weighted by molar-refractivity contribution is 6.31. The van der Waals surface area contributed by atoms with E-state index in [1.807, 2.05) is 0 Å². The Morgan fingerprint density at radius 3 is 2.50 bits per heavy atom. The molecule has 162 valence electrons. The van der Waals surface area contributed by atoms with Gasteiger partial charge in [-0.05, 0) is 55.8 Å². The summed E-state index contributed by atoms with van der Waals surface area (Å²) in [6, 6.07) is 15.6. The first kappa shape index (κ1) is 21.8. The number of halogens is 2. The molecule has 0 unspecified atom stereocenters. The molecule has 2 aromatic heterocycles. The predicted molar refractivity (Wildman–Crippen MR) is 124 cm³/mol. The Bertz CT molecular complexity index is 1380. The third kappa shape index (κ3) is 4.59. The van der Waals surface area contributed by atoms with Gasteiger partial charge in [0.05, 0.1) is 0 Å². The van der Waals surface area contributed by atoms with Crippen molar-refractivity contribution in [3.8, 4) is 22.8 Å². The monoisotopic (exact) mass is 468 g/mol. The molecule has 0 saturated carbocycles. The number of nitrogens with zero attached hydrogens (tertiary/aromatic N) is 3. The standard InChI is InChI=1S/C23H18Cl2N4O3/c1-13-9-14(2)29(12-19(30)26-18-8-4-7-17(25)11-18)23(31)20(13)22-27-21(28-32-22)15-5-3-6-16(24)10-15/h3-11H,12H2,1-2H3,(H,26,30). The van der Waals surface area contributed by atoms with Crippen LogP contribution < -0.4 is 10.9 Å². The minimum absolute atomic E-state index is 0.0754. The second-order valence-corrected chi connectivity index (χ2v) is 8.10. The van der Waals surface area contributed by atoms with Gasteiger partial charge in [-0.15, -0.1) is 0 Å². The average molecular weight is 469 g/mol. The maximum absolute atomic E-state index is 13.3. The van der Waals surface area contributed by atoms with Crippen LogP contribution in [-0.4, -0.2) is 20.6 Å². The van der Waals surface area contributed by atoms with Gasteiger partial charge in [0, 0.05) is 27.0 Å². The zero-order valence-corrected chi connectivity index (χ0v) is 18.7. The van der Waals surface area contributed by atoms with Crippen molar-refractivity contribution >= 4 is 34.8 Å². The molecule has 32 heavy (non-hydrogen) atoms. The van der Waals surface area contributed by atoms with Crippen LogP contribution in [0.25, 0.3) is 22.8 Å². The molecule has 0 spiro atoms. The van der Waals surface area contributed by atoms with E-state index >= 15 is 0 Å². The molecular weight excluding hydrogens is 451 g/mol. The van der Waals surface area contributed by atoms with Crippen molar-refractivity contribution in [2.24, 2.45) is 0 Å². The number of benzene rings is 2. The van der Waals surface area contributed by atoms with E-state index in [9.17, 15) is 9.59 Å². The van der Waals surface area contributed by atoms with E-state index in [1.54, 1.807) is 68.4 Å². The summed E-state index contributed by atoms with van der Waals surface area (Å²) < 4.78 is 6.75. The average Bonchev–Trinajstić information content (AvgIpc) is 3.21. The zero-order chi connectivity index (χ0) is 22.8. The number of hydrogen-bond acceptors (Lipinski definition) is 5. The van der Waals surface area contributed by atoms with E-state index < -0.39 is 5.56 Å². The molecular formula is C23H18Cl2N4O3. The van der Waals surface area contributed by atoms with Crippen LogP contribution in [0.1, 0.15) is 11.3 Å². The lowest BCUT2D eigenvalue weighted by Crippen LogP contribution is -2.30. The Morgan fingerprint density at radius 2 is 1.78 bits per heavy atom. The van der Waals surface area contributed by atoms with Crippen LogP contribution in [0.15, 0.2) is 63.9 Å². The van der Waals surface area contributed by atoms with Crippen LogP contribution >= 0.6 is 23.2 Å². The fourth-order valence-electron chi connectivity index (χ4n) is 3.36. The number of aryl methyl sites for hydroxylation is 2. The lowest BCUT2D eigenvalue weighted by molar-refractivity contribution is -0.116. The molecule has 0 fully saturated rings. The van der Waals surface area contributed by atoms with Gasteiger partial charge in [0.25, 0.3) is 11.4 Å². The Balaban J connectivity index is 1.66. The first-order valence-corrected chi connectivity index (χ1v) is 10.4. The highest BCUT2D eigenvalue weighted by atomic mass is 35.5. The van der Waals surface area contributed by atoms with Crippen LogP contribution in [0.5, 0.6) is 0 Å². The van der Waals surface area contributed by atoms with Gasteiger partial charge < -0.3 is 14.4 Å². The van der Waals surface area contributed by atoms with Crippen LogP contribution in [0.2, 0.25) is 10.0 Å². The molecule has 4 rings (SSSR count). The summed E-state index contributed by atoms with van der Waals surface area (Å²) in [6.45, 7) is 3.36. The van der Waals surface area contributed by atoms with Gasteiger partial charge in [-0.1, -0.05) is 46.6 Å². The molecule has 1 amide bonds. The molecule has 1 N–H and O–H groups in total. The van der Waals surface area contributed by atoms with Crippen LogP contribution in [0, 0.1) is 13.8 Å². The van der Waals surface area contributed by atoms with Crippen molar-refractivity contribution < 1.29 is 9.32 Å². The fraction of sp³-hybridized carbons (Fsp3) is 0.130. The molecule has 9 heteroatoms. The molecule has 7 nitrogen and oxygen atoms in total. The number of nitrogens with one attached hydrogen (secondary N) is 1. The van der Waals surface area contributed by atoms with E-state index in [0.717, 1.165) is 0 Å². The maximum atomic E-state index is 13.3. The molecule has 0 radical (unpaired) electrons. The van der Waals surface area contributed by atoms with E-state index in [0.29, 0.717) is 38.4 Å². The number of anilines is 1. The smallest absolute Gasteiger partial charge is 0.264 e. The molecule has 0 aliphatic carbocycles. The first-order chi connectivity index (χ1) is 15.3. The lowest BCUT2D eigenvalue weighted by Gasteiger charge is -2.13. The Morgan fingerprint density at radius 1 is 1.06 bits per heavy atom. The zero-order valence-electron chi connectivity index (χ0n) is 17.2. The molecule has 2 aromatic carbocycles. The normalized spacial score (nSPS) is 10.9. The lowest BCUT2D eigenvalue weighted by atomic mass is 10.1. The number of hydrogen-bond donors (Lipinski definition) is 1. The number of amides is 1. The summed E-state index contributed by atoms with van der Waals surface area (Å²) >= 11 is 12.0. The number of aromatic nitrogens is 3. The van der Waals surface area contributed by atoms with Crippen LogP contribution in [-0.2, 0) is 11.3 Å². The molecule has 0 bridgehead atoms. The van der Waals surface area contributed by atoms with E-state index in [1.165, 1.54) is 4.57 Å². The molecule has 0 aliphatic rings. The molecule has 2 heterocycles. The summed E-state index contributed by atoms with van der Waals surface area (Å²) in [5.41, 5.74) is 2.35.